The fraction of sp³-hybridized carbons (Fsp3) is 0.0127. The number of halogens is 1. The normalized spacial score (nSPS) is 16.0. The summed E-state index contributed by atoms with van der Waals surface area (Å²) in [4.78, 5) is 130. The smallest absolute Gasteiger partial charge is 0.270 e. The maximum atomic E-state index is 12.9. The zero-order valence-corrected chi connectivity index (χ0v) is 64.4. The zero-order chi connectivity index (χ0) is 75.0. The van der Waals surface area contributed by atoms with E-state index < -0.39 is 0 Å². The number of para-hydroxylation sites is 4. The van der Waals surface area contributed by atoms with Gasteiger partial charge in [-0.3, -0.25) is 58.0 Å². The number of thioether (sulfide) groups is 4. The summed E-state index contributed by atoms with van der Waals surface area (Å²) in [7, 11) is 0. The summed E-state index contributed by atoms with van der Waals surface area (Å²) >= 11 is 35.1. The van der Waals surface area contributed by atoms with Crippen molar-refractivity contribution < 1.29 is 38.4 Å². The third kappa shape index (κ3) is 14.8. The number of aromatic nitrogens is 6. The lowest BCUT2D eigenvalue weighted by atomic mass is 10.1. The van der Waals surface area contributed by atoms with E-state index in [1.807, 2.05) is 165 Å². The molecule has 0 saturated carbocycles. The molecule has 14 aromatic rings. The minimum Gasteiger partial charge on any atom is -0.360 e. The Balaban J connectivity index is 0.000000115. The number of rotatable bonds is 12. The maximum Gasteiger partial charge on any atom is 0.270 e. The molecule has 4 fully saturated rings. The average Bonchev–Trinajstić information content (AvgIpc) is 1.65. The van der Waals surface area contributed by atoms with Crippen molar-refractivity contribution in [1.82, 2.24) is 29.9 Å². The van der Waals surface area contributed by atoms with Gasteiger partial charge in [0, 0.05) is 120 Å². The van der Waals surface area contributed by atoms with Crippen LogP contribution >= 0.6 is 130 Å². The van der Waals surface area contributed by atoms with E-state index in [0.29, 0.717) is 86.9 Å². The Morgan fingerprint density at radius 1 is 0.370 bits per heavy atom. The minimum atomic E-state index is -0.294. The van der Waals surface area contributed by atoms with Gasteiger partial charge in [0.15, 0.2) is 40.4 Å². The fourth-order valence-electron chi connectivity index (χ4n) is 11.9. The monoisotopic (exact) mass is 1620 g/mol. The number of anilines is 4. The number of hydrogen-bond donors (Lipinski definition) is 4. The van der Waals surface area contributed by atoms with Crippen LogP contribution in [0, 0.1) is 6.92 Å². The number of aromatic amines is 4. The quantitative estimate of drug-likeness (QED) is 0.0505. The highest BCUT2D eigenvalue weighted by Gasteiger charge is 2.38. The van der Waals surface area contributed by atoms with Gasteiger partial charge in [0.2, 0.25) is 0 Å². The molecule has 0 spiro atoms. The van der Waals surface area contributed by atoms with Crippen LogP contribution in [0.15, 0.2) is 262 Å². The molecule has 4 aliphatic rings. The maximum absolute atomic E-state index is 12.9. The second kappa shape index (κ2) is 31.2. The largest absolute Gasteiger partial charge is 0.360 e. The number of ketones is 4. The standard InChI is InChI=1S/2C20H11N3O2S3.C20H14N2O2S2.C19H11ClN2O2S2/c2*24-16(13-9-21-14-4-2-1-3-12(13)14)8-18-19(25)23(20(26)28-18)11-5-6-15-17(7-11)27-10-22-15;1-12-6-8-13(9-7-12)22-19(24)18(26-20(22)25)10-17(23)15-11-21-16-5-3-2-4-14(15)16;20-11-6-7-15-13(8-11)14(10-21-15)16(23)9-17-18(24)22(19(25)26-17)12-4-2-1-3-5-12/h2*1-10,21H;2-11,21H,1H3;1-10,21H/b2*18-8-;18-10-;17-9-. The van der Waals surface area contributed by atoms with Gasteiger partial charge in [-0.2, -0.15) is 0 Å². The van der Waals surface area contributed by atoms with Crippen molar-refractivity contribution >= 4 is 281 Å². The van der Waals surface area contributed by atoms with Gasteiger partial charge < -0.3 is 19.9 Å². The number of fused-ring (bicyclic) bond motifs is 6. The molecule has 528 valence electrons. The molecule has 0 unspecified atom stereocenters. The van der Waals surface area contributed by atoms with Crippen molar-refractivity contribution in [2.24, 2.45) is 0 Å². The topological polar surface area (TPSA) is 238 Å². The molecule has 4 N–H and O–H groups in total. The first-order valence-electron chi connectivity index (χ1n) is 32.3. The Morgan fingerprint density at radius 2 is 0.685 bits per heavy atom. The van der Waals surface area contributed by atoms with Crippen LogP contribution < -0.4 is 19.6 Å². The number of H-pyrrole nitrogens is 4. The van der Waals surface area contributed by atoms with Gasteiger partial charge in [-0.1, -0.05) is 198 Å². The highest BCUT2D eigenvalue weighted by atomic mass is 35.5. The molecule has 0 atom stereocenters. The lowest BCUT2D eigenvalue weighted by molar-refractivity contribution is -0.114. The number of nitrogens with zero attached hydrogens (tertiary/aromatic N) is 6. The number of nitrogens with one attached hydrogen (secondary N) is 4. The Bertz CT molecular complexity index is 6120. The SMILES string of the molecule is Cc1ccc(N2C(=O)/C(=C/C(=O)c3c[nH]c4ccccc34)SC2=S)cc1.O=C(/C=C1\SC(=S)N(c2ccc3ncsc3c2)C1=O)c1c[nH]c2ccccc12.O=C(/C=C1\SC(=S)N(c2ccc3ncsc3c2)C1=O)c1c[nH]c2ccccc12.O=C(/C=C1\SC(=S)N(c2ccccc2)C1=O)c1c[nH]c2ccc(Cl)cc12. The first-order chi connectivity index (χ1) is 52.3. The molecule has 0 bridgehead atoms. The highest BCUT2D eigenvalue weighted by Crippen LogP contribution is 2.41. The molecule has 108 heavy (non-hydrogen) atoms. The van der Waals surface area contributed by atoms with Crippen LogP contribution in [0.3, 0.4) is 0 Å². The van der Waals surface area contributed by atoms with Gasteiger partial charge in [-0.25, -0.2) is 9.97 Å². The number of carbonyl (C=O) groups is 8. The van der Waals surface area contributed by atoms with Gasteiger partial charge in [-0.05, 0) is 104 Å². The minimum absolute atomic E-state index is 0.216. The molecule has 4 saturated heterocycles. The van der Waals surface area contributed by atoms with Crippen LogP contribution in [0.1, 0.15) is 47.0 Å². The van der Waals surface area contributed by atoms with E-state index >= 15 is 0 Å². The molecule has 0 radical (unpaired) electrons. The van der Waals surface area contributed by atoms with Gasteiger partial charge in [-0.15, -0.1) is 22.7 Å². The van der Waals surface area contributed by atoms with Gasteiger partial charge in [0.1, 0.15) is 0 Å². The Hall–Kier alpha value is -10.7. The first-order valence-corrected chi connectivity index (χ1v) is 39.4. The van der Waals surface area contributed by atoms with Crippen LogP contribution in [0.2, 0.25) is 5.02 Å². The molecule has 4 aliphatic heterocycles. The van der Waals surface area contributed by atoms with Crippen molar-refractivity contribution in [2.75, 3.05) is 19.6 Å². The predicted molar refractivity (Wildman–Crippen MR) is 455 cm³/mol. The van der Waals surface area contributed by atoms with Crippen molar-refractivity contribution in [3.63, 3.8) is 0 Å². The number of thiocarbonyl (C=S) groups is 4. The molecule has 8 aromatic carbocycles. The molecular weight excluding hydrogens is 1570 g/mol. The fourth-order valence-corrected chi connectivity index (χ4v) is 18.6. The van der Waals surface area contributed by atoms with E-state index in [1.54, 1.807) is 60.1 Å². The van der Waals surface area contributed by atoms with Gasteiger partial charge >= 0.3 is 0 Å². The zero-order valence-electron chi connectivity index (χ0n) is 55.5. The summed E-state index contributed by atoms with van der Waals surface area (Å²) in [5.74, 6) is -2.07. The lowest BCUT2D eigenvalue weighted by Crippen LogP contribution is -2.27. The Labute approximate surface area is 664 Å². The molecular formula is C79H47ClN10O8S10. The second-order valence-corrected chi connectivity index (χ2v) is 32.8. The van der Waals surface area contributed by atoms with E-state index in [1.165, 1.54) is 66.6 Å². The van der Waals surface area contributed by atoms with Gasteiger partial charge in [0.05, 0.1) is 73.8 Å². The van der Waals surface area contributed by atoms with E-state index in [4.69, 9.17) is 60.5 Å². The van der Waals surface area contributed by atoms with E-state index in [9.17, 15) is 38.4 Å². The molecule has 0 aliphatic carbocycles. The summed E-state index contributed by atoms with van der Waals surface area (Å²) < 4.78 is 3.61. The van der Waals surface area contributed by atoms with Crippen molar-refractivity contribution in [3.8, 4) is 0 Å². The molecule has 4 amide bonds. The van der Waals surface area contributed by atoms with Crippen LogP contribution in [0.5, 0.6) is 0 Å². The molecule has 6 aromatic heterocycles. The Morgan fingerprint density at radius 3 is 1.06 bits per heavy atom. The van der Waals surface area contributed by atoms with E-state index in [2.05, 4.69) is 29.9 Å². The number of aryl methyl sites for hydroxylation is 1. The summed E-state index contributed by atoms with van der Waals surface area (Å²) in [6, 6.07) is 55.8. The number of hydrogen-bond acceptors (Lipinski definition) is 20. The first kappa shape index (κ1) is 72.8. The van der Waals surface area contributed by atoms with Crippen LogP contribution in [0.25, 0.3) is 64.0 Å². The number of benzene rings is 8. The number of amides is 4. The average molecular weight is 1620 g/mol. The molecule has 10 heterocycles. The summed E-state index contributed by atoms with van der Waals surface area (Å²) in [5, 5.41) is 3.76. The number of allylic oxidation sites excluding steroid dienone is 4. The second-order valence-electron chi connectivity index (χ2n) is 23.8. The van der Waals surface area contributed by atoms with E-state index in [0.717, 1.165) is 117 Å². The van der Waals surface area contributed by atoms with Crippen LogP contribution in [-0.2, 0) is 19.2 Å². The molecule has 18 rings (SSSR count). The lowest BCUT2D eigenvalue weighted by Gasteiger charge is -2.14. The third-order valence-corrected chi connectivity index (χ3v) is 24.2. The number of carbonyl (C=O) groups excluding carboxylic acids is 8. The third-order valence-electron chi connectivity index (χ3n) is 17.1. The molecule has 18 nitrogen and oxygen atoms in total. The Kier molecular flexibility index (Phi) is 21.1. The number of thiazole rings is 2. The van der Waals surface area contributed by atoms with Crippen molar-refractivity contribution in [1.29, 1.82) is 0 Å². The van der Waals surface area contributed by atoms with Crippen molar-refractivity contribution in [3.05, 3.63) is 295 Å². The van der Waals surface area contributed by atoms with Crippen LogP contribution in [0.4, 0.5) is 22.7 Å². The summed E-state index contributed by atoms with van der Waals surface area (Å²) in [5.41, 5.74) is 14.7. The van der Waals surface area contributed by atoms with E-state index in [-0.39, 0.29) is 46.8 Å². The summed E-state index contributed by atoms with van der Waals surface area (Å²) in [6.45, 7) is 1.98. The molecule has 29 heteroatoms. The van der Waals surface area contributed by atoms with Crippen LogP contribution in [-0.4, -0.2) is 93.9 Å². The van der Waals surface area contributed by atoms with Crippen molar-refractivity contribution in [2.45, 2.75) is 6.92 Å². The predicted octanol–water partition coefficient (Wildman–Crippen LogP) is 19.4. The highest BCUT2D eigenvalue weighted by molar-refractivity contribution is 8.28. The van der Waals surface area contributed by atoms with Gasteiger partial charge in [0.25, 0.3) is 23.6 Å². The summed E-state index contributed by atoms with van der Waals surface area (Å²) in [6.07, 6.45) is 12.1.